The van der Waals surface area contributed by atoms with E-state index in [1.807, 2.05) is 44.2 Å². The predicted molar refractivity (Wildman–Crippen MR) is 115 cm³/mol. The Bertz CT molecular complexity index is 1190. The van der Waals surface area contributed by atoms with Gasteiger partial charge in [-0.2, -0.15) is 21.4 Å². The van der Waals surface area contributed by atoms with Crippen LogP contribution in [0, 0.1) is 0 Å². The van der Waals surface area contributed by atoms with Crippen molar-refractivity contribution in [2.45, 2.75) is 50.0 Å². The van der Waals surface area contributed by atoms with Crippen molar-refractivity contribution >= 4 is 31.6 Å². The van der Waals surface area contributed by atoms with Gasteiger partial charge in [0.1, 0.15) is 0 Å². The molecule has 2 aromatic rings. The molecule has 162 valence electrons. The summed E-state index contributed by atoms with van der Waals surface area (Å²) in [4.78, 5) is -0.167. The van der Waals surface area contributed by atoms with Crippen LogP contribution in [0.1, 0.15) is 44.2 Å². The molecule has 1 atom stereocenters. The fourth-order valence-electron chi connectivity index (χ4n) is 4.07. The van der Waals surface area contributed by atoms with E-state index in [1.54, 1.807) is 6.07 Å². The molecule has 0 spiro atoms. The van der Waals surface area contributed by atoms with Gasteiger partial charge in [0.05, 0.1) is 16.1 Å². The number of unbranched alkanes of at least 4 members (excludes halogenated alkanes) is 1. The van der Waals surface area contributed by atoms with E-state index >= 15 is 0 Å². The Morgan fingerprint density at radius 1 is 0.967 bits per heavy atom. The van der Waals surface area contributed by atoms with Gasteiger partial charge in [0.15, 0.2) is 12.3 Å². The van der Waals surface area contributed by atoms with E-state index in [0.717, 1.165) is 22.5 Å². The Morgan fingerprint density at radius 2 is 1.63 bits per heavy atom. The van der Waals surface area contributed by atoms with Gasteiger partial charge in [0.2, 0.25) is 5.69 Å². The molecule has 2 aromatic carbocycles. The summed E-state index contributed by atoms with van der Waals surface area (Å²) in [6, 6.07) is 14.5. The molecule has 0 saturated carbocycles. The minimum Gasteiger partial charge on any atom is -0.286 e. The van der Waals surface area contributed by atoms with Crippen LogP contribution in [0.2, 0.25) is 0 Å². The fourth-order valence-corrected chi connectivity index (χ4v) is 5.15. The first kappa shape index (κ1) is 22.6. The van der Waals surface area contributed by atoms with Crippen LogP contribution in [0.3, 0.4) is 0 Å². The Labute approximate surface area is 177 Å². The lowest BCUT2D eigenvalue weighted by atomic mass is 9.76. The van der Waals surface area contributed by atoms with E-state index < -0.39 is 25.7 Å². The van der Waals surface area contributed by atoms with Gasteiger partial charge in [-0.15, -0.1) is 0 Å². The summed E-state index contributed by atoms with van der Waals surface area (Å²) in [6.07, 6.45) is 1.40. The second-order valence-electron chi connectivity index (χ2n) is 7.89. The zero-order chi connectivity index (χ0) is 22.2. The number of fused-ring (bicyclic) bond motifs is 1. The third-order valence-electron chi connectivity index (χ3n) is 5.87. The summed E-state index contributed by atoms with van der Waals surface area (Å²) in [7, 11) is -8.37. The van der Waals surface area contributed by atoms with E-state index in [-0.39, 0.29) is 10.6 Å². The minimum absolute atomic E-state index is 0.167. The highest BCUT2D eigenvalue weighted by atomic mass is 32.2. The molecule has 0 aliphatic carbocycles. The second-order valence-corrected chi connectivity index (χ2v) is 10.9. The molecule has 1 heterocycles. The van der Waals surface area contributed by atoms with Crippen molar-refractivity contribution in [3.63, 3.8) is 0 Å². The lowest BCUT2D eigenvalue weighted by molar-refractivity contribution is -0.456. The van der Waals surface area contributed by atoms with Gasteiger partial charge in [-0.3, -0.25) is 9.11 Å². The smallest absolute Gasteiger partial charge is 0.286 e. The lowest BCUT2D eigenvalue weighted by Crippen LogP contribution is -2.30. The zero-order valence-electron chi connectivity index (χ0n) is 16.9. The number of hydrogen-bond acceptors (Lipinski definition) is 4. The van der Waals surface area contributed by atoms with E-state index in [4.69, 9.17) is 4.55 Å². The van der Waals surface area contributed by atoms with Crippen molar-refractivity contribution < 1.29 is 30.5 Å². The van der Waals surface area contributed by atoms with Crippen LogP contribution in [0.25, 0.3) is 0 Å². The first-order valence-electron chi connectivity index (χ1n) is 9.64. The molecule has 2 N–H and O–H groups in total. The average Bonchev–Trinajstić information content (AvgIpc) is 2.87. The molecule has 1 unspecified atom stereocenters. The zero-order valence-corrected chi connectivity index (χ0v) is 18.6. The minimum atomic E-state index is -4.35. The van der Waals surface area contributed by atoms with Crippen LogP contribution in [0.15, 0.2) is 53.4 Å². The van der Waals surface area contributed by atoms with Crippen molar-refractivity contribution in [3.05, 3.63) is 59.7 Å². The molecular formula is C21H26NO6S2+. The van der Waals surface area contributed by atoms with Crippen LogP contribution in [-0.2, 0) is 32.2 Å². The number of hydrogen-bond donors (Lipinski definition) is 2. The van der Waals surface area contributed by atoms with Crippen molar-refractivity contribution in [1.29, 1.82) is 0 Å². The summed E-state index contributed by atoms with van der Waals surface area (Å²) in [5, 5.41) is 0. The van der Waals surface area contributed by atoms with Gasteiger partial charge in [-0.1, -0.05) is 36.8 Å². The van der Waals surface area contributed by atoms with Gasteiger partial charge in [0.25, 0.3) is 20.2 Å². The highest BCUT2D eigenvalue weighted by Crippen LogP contribution is 2.44. The molecule has 0 fully saturated rings. The highest BCUT2D eigenvalue weighted by Gasteiger charge is 2.46. The molecule has 0 radical (unpaired) electrons. The maximum absolute atomic E-state index is 11.7. The maximum Gasteiger partial charge on any atom is 0.294 e. The third-order valence-corrected chi connectivity index (χ3v) is 7.52. The molecule has 7 nitrogen and oxygen atoms in total. The molecule has 0 amide bonds. The molecule has 0 aromatic heterocycles. The molecule has 1 aliphatic heterocycles. The summed E-state index contributed by atoms with van der Waals surface area (Å²) in [6.45, 7) is 4.58. The van der Waals surface area contributed by atoms with Crippen LogP contribution < -0.4 is 0 Å². The summed E-state index contributed by atoms with van der Waals surface area (Å²) in [5.41, 5.74) is 3.21. The first-order chi connectivity index (χ1) is 13.9. The van der Waals surface area contributed by atoms with Crippen LogP contribution in [-0.4, -0.2) is 42.0 Å². The normalized spacial score (nSPS) is 19.2. The molecule has 3 rings (SSSR count). The number of rotatable bonds is 8. The summed E-state index contributed by atoms with van der Waals surface area (Å²) < 4.78 is 66.1. The van der Waals surface area contributed by atoms with E-state index in [9.17, 15) is 21.4 Å². The Morgan fingerprint density at radius 3 is 2.23 bits per heavy atom. The molecular weight excluding hydrogens is 426 g/mol. The average molecular weight is 453 g/mol. The van der Waals surface area contributed by atoms with E-state index in [0.29, 0.717) is 25.8 Å². The molecule has 0 saturated heterocycles. The van der Waals surface area contributed by atoms with Crippen LogP contribution in [0.4, 0.5) is 5.69 Å². The Kier molecular flexibility index (Phi) is 6.20. The predicted octanol–water partition coefficient (Wildman–Crippen LogP) is 3.57. The molecule has 0 bridgehead atoms. The van der Waals surface area contributed by atoms with Crippen LogP contribution >= 0.6 is 0 Å². The Hall–Kier alpha value is -2.07. The third kappa shape index (κ3) is 4.80. The van der Waals surface area contributed by atoms with Gasteiger partial charge in [-0.05, 0) is 31.9 Å². The Balaban J connectivity index is 2.01. The largest absolute Gasteiger partial charge is 0.294 e. The van der Waals surface area contributed by atoms with E-state index in [1.165, 1.54) is 12.1 Å². The van der Waals surface area contributed by atoms with E-state index in [2.05, 4.69) is 4.58 Å². The standard InChI is InChI=1S/C21H25NO6S2/c1-16-21(2,12-6-7-13-29(23,24)25)19-14-18(30(26,27)28)10-11-20(19)22(16)15-17-8-4-3-5-9-17/h3-5,8-11,14H,6-7,12-13,15H2,1-2H3,(H-,23,24,25,26,27,28)/p+1. The van der Waals surface area contributed by atoms with Crippen molar-refractivity contribution in [2.24, 2.45) is 0 Å². The van der Waals surface area contributed by atoms with Gasteiger partial charge < -0.3 is 0 Å². The topological polar surface area (TPSA) is 112 Å². The van der Waals surface area contributed by atoms with Crippen molar-refractivity contribution in [1.82, 2.24) is 0 Å². The van der Waals surface area contributed by atoms with Gasteiger partial charge in [-0.25, -0.2) is 0 Å². The molecule has 9 heteroatoms. The lowest BCUT2D eigenvalue weighted by Gasteiger charge is -2.22. The molecule has 30 heavy (non-hydrogen) atoms. The first-order valence-corrected chi connectivity index (χ1v) is 12.7. The second kappa shape index (κ2) is 8.22. The number of nitrogens with zero attached hydrogens (tertiary/aromatic N) is 1. The van der Waals surface area contributed by atoms with Crippen LogP contribution in [0.5, 0.6) is 0 Å². The number of benzene rings is 2. The maximum atomic E-state index is 11.7. The molecule has 1 aliphatic rings. The highest BCUT2D eigenvalue weighted by molar-refractivity contribution is 7.86. The van der Waals surface area contributed by atoms with Crippen molar-refractivity contribution in [3.8, 4) is 0 Å². The fraction of sp³-hybridized carbons (Fsp3) is 0.381. The SMILES string of the molecule is CC1=[N+](Cc2ccccc2)c2ccc(S(=O)(=O)O)cc2C1(C)CCCCS(=O)(=O)O. The quantitative estimate of drug-likeness (QED) is 0.360. The summed E-state index contributed by atoms with van der Waals surface area (Å²) >= 11 is 0. The monoisotopic (exact) mass is 452 g/mol. The van der Waals surface area contributed by atoms with Gasteiger partial charge in [0, 0.05) is 24.1 Å². The summed E-state index contributed by atoms with van der Waals surface area (Å²) in [5.74, 6) is -0.312. The van der Waals surface area contributed by atoms with Crippen molar-refractivity contribution in [2.75, 3.05) is 5.75 Å². The van der Waals surface area contributed by atoms with Gasteiger partial charge >= 0.3 is 0 Å².